The predicted molar refractivity (Wildman–Crippen MR) is 108 cm³/mol. The number of aliphatic hydroxyl groups is 1. The van der Waals surface area contributed by atoms with Crippen LogP contribution in [0.25, 0.3) is 0 Å². The Morgan fingerprint density at radius 1 is 1.04 bits per heavy atom. The van der Waals surface area contributed by atoms with Crippen LogP contribution in [0.1, 0.15) is 42.8 Å². The Balaban J connectivity index is 1.99. The number of amides is 2. The Morgan fingerprint density at radius 3 is 2.11 bits per heavy atom. The van der Waals surface area contributed by atoms with Crippen molar-refractivity contribution in [2.75, 3.05) is 13.6 Å². The van der Waals surface area contributed by atoms with Gasteiger partial charge in [-0.2, -0.15) is 0 Å². The lowest BCUT2D eigenvalue weighted by atomic mass is 9.84. The number of carbonyl (C=O) groups excluding carboxylic acids is 2. The van der Waals surface area contributed by atoms with E-state index in [1.165, 1.54) is 0 Å². The largest absolute Gasteiger partial charge is 0.388 e. The first-order valence-electron chi connectivity index (χ1n) is 9.57. The van der Waals surface area contributed by atoms with Gasteiger partial charge >= 0.3 is 0 Å². The SMILES string of the molecule is CN1C(=O)[C@@H]([C@@H](O)c2ccccc2)CN(C(=O)c2ccccc2)[C@@H]1C(C)(C)C. The van der Waals surface area contributed by atoms with Gasteiger partial charge in [0.05, 0.1) is 12.0 Å². The highest BCUT2D eigenvalue weighted by Gasteiger charge is 2.47. The Hall–Kier alpha value is -2.66. The van der Waals surface area contributed by atoms with Gasteiger partial charge in [0.15, 0.2) is 0 Å². The van der Waals surface area contributed by atoms with Gasteiger partial charge in [-0.25, -0.2) is 0 Å². The quantitative estimate of drug-likeness (QED) is 0.889. The zero-order chi connectivity index (χ0) is 20.5. The Bertz CT molecular complexity index is 830. The van der Waals surface area contributed by atoms with E-state index in [-0.39, 0.29) is 23.8 Å². The standard InChI is InChI=1S/C23H28N2O3/c1-23(2,3)22-24(4)21(28)18(19(26)16-11-7-5-8-12-16)15-25(22)20(27)17-13-9-6-10-14-17/h5-14,18-19,22,26H,15H2,1-4H3/t18-,19+,22-/m1/s1. The first-order chi connectivity index (χ1) is 13.2. The molecule has 1 saturated heterocycles. The summed E-state index contributed by atoms with van der Waals surface area (Å²) in [7, 11) is 1.72. The van der Waals surface area contributed by atoms with Crippen LogP contribution < -0.4 is 0 Å². The van der Waals surface area contributed by atoms with Crippen molar-refractivity contribution in [3.63, 3.8) is 0 Å². The minimum absolute atomic E-state index is 0.134. The molecule has 1 aliphatic rings. The first-order valence-corrected chi connectivity index (χ1v) is 9.57. The molecule has 0 saturated carbocycles. The van der Waals surface area contributed by atoms with E-state index in [1.807, 2.05) is 57.2 Å². The lowest BCUT2D eigenvalue weighted by Crippen LogP contribution is -2.65. The second-order valence-corrected chi connectivity index (χ2v) is 8.47. The fourth-order valence-electron chi connectivity index (χ4n) is 4.09. The lowest BCUT2D eigenvalue weighted by molar-refractivity contribution is -0.158. The van der Waals surface area contributed by atoms with Gasteiger partial charge in [0.1, 0.15) is 6.17 Å². The molecule has 1 N–H and O–H groups in total. The number of hydrogen-bond acceptors (Lipinski definition) is 3. The van der Waals surface area contributed by atoms with Crippen molar-refractivity contribution in [3.8, 4) is 0 Å². The molecule has 0 radical (unpaired) electrons. The fourth-order valence-corrected chi connectivity index (χ4v) is 4.09. The molecule has 148 valence electrons. The van der Waals surface area contributed by atoms with E-state index < -0.39 is 18.2 Å². The third-order valence-corrected chi connectivity index (χ3v) is 5.30. The van der Waals surface area contributed by atoms with Gasteiger partial charge in [-0.15, -0.1) is 0 Å². The van der Waals surface area contributed by atoms with Gasteiger partial charge in [-0.1, -0.05) is 69.3 Å². The van der Waals surface area contributed by atoms with Crippen molar-refractivity contribution in [1.82, 2.24) is 9.80 Å². The fraction of sp³-hybridized carbons (Fsp3) is 0.391. The number of hydrogen-bond donors (Lipinski definition) is 1. The molecule has 1 heterocycles. The summed E-state index contributed by atoms with van der Waals surface area (Å²) >= 11 is 0. The molecular formula is C23H28N2O3. The van der Waals surface area contributed by atoms with E-state index in [9.17, 15) is 14.7 Å². The van der Waals surface area contributed by atoms with Crippen molar-refractivity contribution in [1.29, 1.82) is 0 Å². The molecule has 3 rings (SSSR count). The first kappa shape index (κ1) is 20.1. The molecule has 3 atom stereocenters. The molecule has 0 spiro atoms. The summed E-state index contributed by atoms with van der Waals surface area (Å²) in [6.07, 6.45) is -1.37. The van der Waals surface area contributed by atoms with Crippen LogP contribution in [0, 0.1) is 11.3 Å². The predicted octanol–water partition coefficient (Wildman–Crippen LogP) is 3.32. The zero-order valence-electron chi connectivity index (χ0n) is 16.9. The smallest absolute Gasteiger partial charge is 0.255 e. The van der Waals surface area contributed by atoms with Crippen molar-refractivity contribution >= 4 is 11.8 Å². The minimum atomic E-state index is -0.969. The summed E-state index contributed by atoms with van der Waals surface area (Å²) < 4.78 is 0. The van der Waals surface area contributed by atoms with Crippen molar-refractivity contribution in [3.05, 3.63) is 71.8 Å². The van der Waals surface area contributed by atoms with Gasteiger partial charge in [0, 0.05) is 24.6 Å². The van der Waals surface area contributed by atoms with Crippen LogP contribution >= 0.6 is 0 Å². The topological polar surface area (TPSA) is 60.9 Å². The molecule has 2 aromatic carbocycles. The molecule has 0 bridgehead atoms. The Kier molecular flexibility index (Phi) is 5.57. The van der Waals surface area contributed by atoms with Crippen molar-refractivity contribution in [2.24, 2.45) is 11.3 Å². The van der Waals surface area contributed by atoms with Crippen LogP contribution in [-0.2, 0) is 4.79 Å². The maximum Gasteiger partial charge on any atom is 0.255 e. The number of nitrogens with zero attached hydrogens (tertiary/aromatic N) is 2. The molecule has 28 heavy (non-hydrogen) atoms. The van der Waals surface area contributed by atoms with E-state index in [1.54, 1.807) is 41.1 Å². The Labute approximate surface area is 166 Å². The highest BCUT2D eigenvalue weighted by atomic mass is 16.3. The molecule has 1 fully saturated rings. The normalized spacial score (nSPS) is 21.5. The van der Waals surface area contributed by atoms with Gasteiger partial charge in [-0.3, -0.25) is 9.59 Å². The third-order valence-electron chi connectivity index (χ3n) is 5.30. The molecule has 0 aliphatic carbocycles. The number of rotatable bonds is 3. The highest BCUT2D eigenvalue weighted by Crippen LogP contribution is 2.36. The summed E-state index contributed by atoms with van der Waals surface area (Å²) in [5, 5.41) is 10.9. The average molecular weight is 380 g/mol. The molecule has 0 unspecified atom stereocenters. The Morgan fingerprint density at radius 2 is 1.57 bits per heavy atom. The van der Waals surface area contributed by atoms with Crippen molar-refractivity contribution < 1.29 is 14.7 Å². The molecular weight excluding hydrogens is 352 g/mol. The summed E-state index contributed by atoms with van der Waals surface area (Å²) in [6, 6.07) is 18.2. The number of benzene rings is 2. The average Bonchev–Trinajstić information content (AvgIpc) is 2.69. The van der Waals surface area contributed by atoms with Crippen LogP contribution in [0.15, 0.2) is 60.7 Å². The second kappa shape index (κ2) is 7.76. The number of aliphatic hydroxyl groups excluding tert-OH is 1. The third kappa shape index (κ3) is 3.80. The second-order valence-electron chi connectivity index (χ2n) is 8.47. The minimum Gasteiger partial charge on any atom is -0.388 e. The van der Waals surface area contributed by atoms with Crippen LogP contribution in [0.4, 0.5) is 0 Å². The highest BCUT2D eigenvalue weighted by molar-refractivity contribution is 5.96. The molecule has 5 nitrogen and oxygen atoms in total. The molecule has 1 aliphatic heterocycles. The summed E-state index contributed by atoms with van der Waals surface area (Å²) in [4.78, 5) is 29.8. The van der Waals surface area contributed by atoms with E-state index in [0.717, 1.165) is 0 Å². The van der Waals surface area contributed by atoms with Crippen LogP contribution in [0.3, 0.4) is 0 Å². The van der Waals surface area contributed by atoms with Crippen LogP contribution in [0.2, 0.25) is 0 Å². The number of carbonyl (C=O) groups is 2. The molecule has 0 aromatic heterocycles. The van der Waals surface area contributed by atoms with Gasteiger partial charge in [-0.05, 0) is 17.7 Å². The van der Waals surface area contributed by atoms with Crippen LogP contribution in [0.5, 0.6) is 0 Å². The summed E-state index contributed by atoms with van der Waals surface area (Å²) in [5.74, 6) is -0.989. The van der Waals surface area contributed by atoms with Crippen molar-refractivity contribution in [2.45, 2.75) is 33.0 Å². The van der Waals surface area contributed by atoms with E-state index in [4.69, 9.17) is 0 Å². The zero-order valence-corrected chi connectivity index (χ0v) is 16.9. The molecule has 2 amide bonds. The van der Waals surface area contributed by atoms with Gasteiger partial charge in [0.2, 0.25) is 5.91 Å². The lowest BCUT2D eigenvalue weighted by Gasteiger charge is -2.51. The monoisotopic (exact) mass is 380 g/mol. The maximum atomic E-state index is 13.3. The maximum absolute atomic E-state index is 13.3. The van der Waals surface area contributed by atoms with E-state index in [2.05, 4.69) is 0 Å². The molecule has 5 heteroatoms. The summed E-state index contributed by atoms with van der Waals surface area (Å²) in [5.41, 5.74) is 0.917. The van der Waals surface area contributed by atoms with Gasteiger partial charge in [0.25, 0.3) is 5.91 Å². The van der Waals surface area contributed by atoms with Crippen LogP contribution in [-0.4, -0.2) is 46.5 Å². The summed E-state index contributed by atoms with van der Waals surface area (Å²) in [6.45, 7) is 6.22. The molecule has 2 aromatic rings. The van der Waals surface area contributed by atoms with E-state index >= 15 is 0 Å². The van der Waals surface area contributed by atoms with E-state index in [0.29, 0.717) is 11.1 Å². The van der Waals surface area contributed by atoms with Gasteiger partial charge < -0.3 is 14.9 Å².